The normalized spacial score (nSPS) is 12.3. The van der Waals surface area contributed by atoms with Gasteiger partial charge in [0.2, 0.25) is 5.91 Å². The molecule has 0 aliphatic carbocycles. The number of rotatable bonds is 7. The Bertz CT molecular complexity index is 880. The monoisotopic (exact) mass is 349 g/mol. The van der Waals surface area contributed by atoms with Gasteiger partial charge in [-0.05, 0) is 43.5 Å². The van der Waals surface area contributed by atoms with Crippen LogP contribution in [-0.4, -0.2) is 15.3 Å². The first-order valence-corrected chi connectivity index (χ1v) is 9.48. The van der Waals surface area contributed by atoms with Gasteiger partial charge in [-0.3, -0.25) is 4.79 Å². The first kappa shape index (κ1) is 18.2. The van der Waals surface area contributed by atoms with Gasteiger partial charge in [0.05, 0.1) is 5.69 Å². The predicted octanol–water partition coefficient (Wildman–Crippen LogP) is 5.46. The van der Waals surface area contributed by atoms with Gasteiger partial charge >= 0.3 is 0 Å². The fraction of sp³-hybridized carbons (Fsp3) is 0.364. The Morgan fingerprint density at radius 1 is 1.19 bits per heavy atom. The summed E-state index contributed by atoms with van der Waals surface area (Å²) in [5, 5.41) is 3.05. The SMILES string of the molecule is CCCCC(CC)C(=O)Nc1ccc(-c2cn3cccc(C)c3n2)cc1. The van der Waals surface area contributed by atoms with Crippen LogP contribution in [0, 0.1) is 12.8 Å². The average molecular weight is 349 g/mol. The molecule has 136 valence electrons. The Morgan fingerprint density at radius 2 is 1.96 bits per heavy atom. The molecule has 3 aromatic rings. The van der Waals surface area contributed by atoms with E-state index in [2.05, 4.69) is 32.2 Å². The van der Waals surface area contributed by atoms with Crippen LogP contribution < -0.4 is 5.32 Å². The number of fused-ring (bicyclic) bond motifs is 1. The molecule has 2 heterocycles. The molecular weight excluding hydrogens is 322 g/mol. The Morgan fingerprint density at radius 3 is 2.62 bits per heavy atom. The van der Waals surface area contributed by atoms with E-state index in [4.69, 9.17) is 4.98 Å². The van der Waals surface area contributed by atoms with E-state index in [1.165, 1.54) is 0 Å². The van der Waals surface area contributed by atoms with Crippen LogP contribution in [-0.2, 0) is 4.79 Å². The van der Waals surface area contributed by atoms with Crippen molar-refractivity contribution in [2.45, 2.75) is 46.5 Å². The summed E-state index contributed by atoms with van der Waals surface area (Å²) in [6.07, 6.45) is 8.10. The zero-order chi connectivity index (χ0) is 18.5. The number of pyridine rings is 1. The van der Waals surface area contributed by atoms with E-state index in [1.807, 2.05) is 47.1 Å². The van der Waals surface area contributed by atoms with Crippen LogP contribution in [0.3, 0.4) is 0 Å². The summed E-state index contributed by atoms with van der Waals surface area (Å²) in [6, 6.07) is 12.0. The van der Waals surface area contributed by atoms with E-state index in [-0.39, 0.29) is 11.8 Å². The molecule has 0 saturated heterocycles. The number of carbonyl (C=O) groups is 1. The molecule has 3 rings (SSSR count). The minimum absolute atomic E-state index is 0.0936. The van der Waals surface area contributed by atoms with Gasteiger partial charge in [-0.25, -0.2) is 4.98 Å². The predicted molar refractivity (Wildman–Crippen MR) is 107 cm³/mol. The maximum absolute atomic E-state index is 12.4. The van der Waals surface area contributed by atoms with Crippen molar-refractivity contribution in [3.05, 3.63) is 54.4 Å². The maximum atomic E-state index is 12.4. The first-order chi connectivity index (χ1) is 12.6. The molecule has 0 bridgehead atoms. The van der Waals surface area contributed by atoms with Crippen LogP contribution in [0.25, 0.3) is 16.9 Å². The number of nitrogens with zero attached hydrogens (tertiary/aromatic N) is 2. The fourth-order valence-corrected chi connectivity index (χ4v) is 3.23. The third kappa shape index (κ3) is 3.96. The maximum Gasteiger partial charge on any atom is 0.227 e. The molecule has 0 aliphatic rings. The molecule has 0 radical (unpaired) electrons. The number of benzene rings is 1. The Hall–Kier alpha value is -2.62. The molecule has 0 fully saturated rings. The van der Waals surface area contributed by atoms with Crippen molar-refractivity contribution in [3.8, 4) is 11.3 Å². The minimum Gasteiger partial charge on any atom is -0.326 e. The lowest BCUT2D eigenvalue weighted by molar-refractivity contribution is -0.120. The van der Waals surface area contributed by atoms with Crippen molar-refractivity contribution in [2.75, 3.05) is 5.32 Å². The van der Waals surface area contributed by atoms with E-state index in [9.17, 15) is 4.79 Å². The molecule has 0 aliphatic heterocycles. The highest BCUT2D eigenvalue weighted by Crippen LogP contribution is 2.23. The number of hydrogen-bond acceptors (Lipinski definition) is 2. The molecule has 0 spiro atoms. The summed E-state index contributed by atoms with van der Waals surface area (Å²) >= 11 is 0. The van der Waals surface area contributed by atoms with E-state index in [0.717, 1.165) is 53.8 Å². The topological polar surface area (TPSA) is 46.4 Å². The standard InChI is InChI=1S/C22H27N3O/c1-4-6-9-17(5-2)22(26)23-19-12-10-18(11-13-19)20-15-25-14-7-8-16(3)21(25)24-20/h7-8,10-15,17H,4-6,9H2,1-3H3,(H,23,26). The van der Waals surface area contributed by atoms with E-state index >= 15 is 0 Å². The lowest BCUT2D eigenvalue weighted by Crippen LogP contribution is -2.22. The van der Waals surface area contributed by atoms with Crippen molar-refractivity contribution in [1.29, 1.82) is 0 Å². The molecule has 1 N–H and O–H groups in total. The highest BCUT2D eigenvalue weighted by Gasteiger charge is 2.16. The van der Waals surface area contributed by atoms with Crippen LogP contribution in [0.4, 0.5) is 5.69 Å². The number of anilines is 1. The van der Waals surface area contributed by atoms with Gasteiger partial charge in [0.15, 0.2) is 0 Å². The lowest BCUT2D eigenvalue weighted by Gasteiger charge is -2.14. The Kier molecular flexibility index (Phi) is 5.71. The summed E-state index contributed by atoms with van der Waals surface area (Å²) in [4.78, 5) is 17.2. The highest BCUT2D eigenvalue weighted by atomic mass is 16.1. The number of aryl methyl sites for hydroxylation is 1. The molecule has 1 unspecified atom stereocenters. The van der Waals surface area contributed by atoms with Gasteiger partial charge in [0.1, 0.15) is 5.65 Å². The van der Waals surface area contributed by atoms with Gasteiger partial charge in [-0.2, -0.15) is 0 Å². The van der Waals surface area contributed by atoms with Gasteiger partial charge in [-0.15, -0.1) is 0 Å². The van der Waals surface area contributed by atoms with Crippen molar-refractivity contribution in [3.63, 3.8) is 0 Å². The van der Waals surface area contributed by atoms with Crippen LogP contribution >= 0.6 is 0 Å². The van der Waals surface area contributed by atoms with Crippen molar-refractivity contribution in [2.24, 2.45) is 5.92 Å². The van der Waals surface area contributed by atoms with Gasteiger partial charge in [0, 0.05) is 29.6 Å². The third-order valence-corrected chi connectivity index (χ3v) is 4.90. The van der Waals surface area contributed by atoms with Crippen molar-refractivity contribution >= 4 is 17.2 Å². The zero-order valence-electron chi connectivity index (χ0n) is 15.8. The van der Waals surface area contributed by atoms with Gasteiger partial charge in [-0.1, -0.05) is 44.9 Å². The summed E-state index contributed by atoms with van der Waals surface area (Å²) in [5.74, 6) is 0.216. The smallest absolute Gasteiger partial charge is 0.227 e. The Labute approximate surface area is 155 Å². The summed E-state index contributed by atoms with van der Waals surface area (Å²) in [5.41, 5.74) is 4.95. The Balaban J connectivity index is 1.73. The number of amides is 1. The van der Waals surface area contributed by atoms with Crippen molar-refractivity contribution < 1.29 is 4.79 Å². The number of hydrogen-bond donors (Lipinski definition) is 1. The quantitative estimate of drug-likeness (QED) is 0.615. The van der Waals surface area contributed by atoms with Crippen LogP contribution in [0.5, 0.6) is 0 Å². The van der Waals surface area contributed by atoms with Gasteiger partial charge in [0.25, 0.3) is 0 Å². The molecule has 2 aromatic heterocycles. The summed E-state index contributed by atoms with van der Waals surface area (Å²) < 4.78 is 2.04. The number of imidazole rings is 1. The molecular formula is C22H27N3O. The zero-order valence-corrected chi connectivity index (χ0v) is 15.8. The van der Waals surface area contributed by atoms with Gasteiger partial charge < -0.3 is 9.72 Å². The minimum atomic E-state index is 0.0936. The molecule has 1 aromatic carbocycles. The molecule has 1 atom stereocenters. The van der Waals surface area contributed by atoms with E-state index < -0.39 is 0 Å². The molecule has 26 heavy (non-hydrogen) atoms. The number of unbranched alkanes of at least 4 members (excludes halogenated alkanes) is 1. The first-order valence-electron chi connectivity index (χ1n) is 9.48. The van der Waals surface area contributed by atoms with E-state index in [1.54, 1.807) is 0 Å². The van der Waals surface area contributed by atoms with Crippen LogP contribution in [0.15, 0.2) is 48.8 Å². The second-order valence-electron chi connectivity index (χ2n) is 6.86. The second kappa shape index (κ2) is 8.17. The lowest BCUT2D eigenvalue weighted by atomic mass is 9.98. The molecule has 0 saturated carbocycles. The number of nitrogens with one attached hydrogen (secondary N) is 1. The fourth-order valence-electron chi connectivity index (χ4n) is 3.23. The summed E-state index contributed by atoms with van der Waals surface area (Å²) in [7, 11) is 0. The highest BCUT2D eigenvalue weighted by molar-refractivity contribution is 5.92. The van der Waals surface area contributed by atoms with Crippen LogP contribution in [0.1, 0.15) is 45.1 Å². The number of carbonyl (C=O) groups excluding carboxylic acids is 1. The van der Waals surface area contributed by atoms with Crippen LogP contribution in [0.2, 0.25) is 0 Å². The number of aromatic nitrogens is 2. The second-order valence-corrected chi connectivity index (χ2v) is 6.86. The molecule has 1 amide bonds. The largest absolute Gasteiger partial charge is 0.326 e. The molecule has 4 heteroatoms. The summed E-state index contributed by atoms with van der Waals surface area (Å²) in [6.45, 7) is 6.30. The van der Waals surface area contributed by atoms with E-state index in [0.29, 0.717) is 0 Å². The third-order valence-electron chi connectivity index (χ3n) is 4.90. The van der Waals surface area contributed by atoms with Crippen molar-refractivity contribution in [1.82, 2.24) is 9.38 Å². The average Bonchev–Trinajstić information content (AvgIpc) is 3.09. The molecule has 4 nitrogen and oxygen atoms in total.